The highest BCUT2D eigenvalue weighted by molar-refractivity contribution is 6.87. The van der Waals surface area contributed by atoms with Crippen LogP contribution in [-0.4, -0.2) is 23.0 Å². The van der Waals surface area contributed by atoms with Crippen molar-refractivity contribution < 1.29 is 4.11 Å². The van der Waals surface area contributed by atoms with Crippen LogP contribution in [0.5, 0.6) is 0 Å². The van der Waals surface area contributed by atoms with Crippen LogP contribution in [0.3, 0.4) is 0 Å². The Morgan fingerprint density at radius 2 is 1.42 bits per heavy atom. The Balaban J connectivity index is 1.90. The van der Waals surface area contributed by atoms with Gasteiger partial charge in [0.05, 0.1) is 5.69 Å². The minimum absolute atomic E-state index is 0.230. The molecule has 3 nitrogen and oxygen atoms in total. The number of pyridine rings is 1. The topological polar surface area (TPSA) is 38.7 Å². The SMILES string of the molecule is [2H]C([2H])([2H])c1cnc(-c2ccccc2)cc1-c1ccc(-c2cnc([Si](C)(C)C)nc2)cc1C(C)(C)C. The summed E-state index contributed by atoms with van der Waals surface area (Å²) < 4.78 is 24.6. The summed E-state index contributed by atoms with van der Waals surface area (Å²) >= 11 is 0. The maximum atomic E-state index is 8.19. The summed E-state index contributed by atoms with van der Waals surface area (Å²) in [6.07, 6.45) is 5.31. The van der Waals surface area contributed by atoms with Gasteiger partial charge in [0.25, 0.3) is 0 Å². The summed E-state index contributed by atoms with van der Waals surface area (Å²) in [5, 5.41) is 0. The van der Waals surface area contributed by atoms with E-state index < -0.39 is 14.9 Å². The van der Waals surface area contributed by atoms with Gasteiger partial charge in [0.2, 0.25) is 0 Å². The molecule has 2 aromatic heterocycles. The zero-order valence-electron chi connectivity index (χ0n) is 23.3. The van der Waals surface area contributed by atoms with Crippen molar-refractivity contribution >= 4 is 13.5 Å². The highest BCUT2D eigenvalue weighted by atomic mass is 28.3. The average Bonchev–Trinajstić information content (AvgIpc) is 2.82. The Labute approximate surface area is 203 Å². The standard InChI is InChI=1S/C29H33N3Si/c1-20-17-30-27(21-11-9-8-10-12-21)16-25(20)24-14-13-22(15-26(24)29(2,3)4)23-18-31-28(32-19-23)33(5,6)7/h8-19H,1-7H3/i1D3. The molecule has 2 aromatic carbocycles. The van der Waals surface area contributed by atoms with Crippen LogP contribution in [0.15, 0.2) is 73.2 Å². The van der Waals surface area contributed by atoms with Crippen LogP contribution in [0.4, 0.5) is 0 Å². The Morgan fingerprint density at radius 3 is 2.03 bits per heavy atom. The van der Waals surface area contributed by atoms with Crippen molar-refractivity contribution in [1.29, 1.82) is 0 Å². The van der Waals surface area contributed by atoms with E-state index in [2.05, 4.69) is 61.4 Å². The fraction of sp³-hybridized carbons (Fsp3) is 0.276. The molecule has 0 unspecified atom stereocenters. The second-order valence-electron chi connectivity index (χ2n) is 10.5. The monoisotopic (exact) mass is 454 g/mol. The Kier molecular flexibility index (Phi) is 5.09. The molecule has 0 spiro atoms. The first-order chi connectivity index (χ1) is 16.7. The molecule has 0 atom stereocenters. The van der Waals surface area contributed by atoms with Crippen LogP contribution in [0, 0.1) is 6.85 Å². The summed E-state index contributed by atoms with van der Waals surface area (Å²) in [5.74, 6) is 0. The lowest BCUT2D eigenvalue weighted by Crippen LogP contribution is -2.42. The van der Waals surface area contributed by atoms with Crippen LogP contribution in [0.2, 0.25) is 19.6 Å². The van der Waals surface area contributed by atoms with E-state index in [4.69, 9.17) is 4.11 Å². The summed E-state index contributed by atoms with van der Waals surface area (Å²) in [7, 11) is -1.59. The molecular weight excluding hydrogens is 418 g/mol. The second-order valence-corrected chi connectivity index (χ2v) is 15.5. The smallest absolute Gasteiger partial charge is 0.125 e. The van der Waals surface area contributed by atoms with Crippen molar-refractivity contribution in [2.75, 3.05) is 0 Å². The van der Waals surface area contributed by atoms with Crippen LogP contribution in [-0.2, 0) is 5.41 Å². The molecule has 0 saturated carbocycles. The lowest BCUT2D eigenvalue weighted by atomic mass is 9.80. The van der Waals surface area contributed by atoms with Crippen LogP contribution >= 0.6 is 0 Å². The molecule has 0 amide bonds. The van der Waals surface area contributed by atoms with Crippen molar-refractivity contribution in [3.05, 3.63) is 84.3 Å². The molecule has 0 radical (unpaired) electrons. The molecule has 0 bridgehead atoms. The van der Waals surface area contributed by atoms with E-state index in [0.29, 0.717) is 5.56 Å². The van der Waals surface area contributed by atoms with E-state index in [1.54, 1.807) is 0 Å². The van der Waals surface area contributed by atoms with E-state index in [-0.39, 0.29) is 11.0 Å². The van der Waals surface area contributed by atoms with E-state index in [9.17, 15) is 0 Å². The number of hydrogen-bond donors (Lipinski definition) is 0. The molecule has 168 valence electrons. The largest absolute Gasteiger partial charge is 0.256 e. The molecule has 0 N–H and O–H groups in total. The van der Waals surface area contributed by atoms with Crippen molar-refractivity contribution in [2.45, 2.75) is 52.7 Å². The van der Waals surface area contributed by atoms with Gasteiger partial charge in [-0.2, -0.15) is 0 Å². The maximum absolute atomic E-state index is 8.19. The van der Waals surface area contributed by atoms with Crippen molar-refractivity contribution in [3.63, 3.8) is 0 Å². The second kappa shape index (κ2) is 8.68. The van der Waals surface area contributed by atoms with Gasteiger partial charge in [-0.15, -0.1) is 0 Å². The molecule has 0 aliphatic heterocycles. The minimum atomic E-state index is -2.29. The third-order valence-corrected chi connectivity index (χ3v) is 7.35. The highest BCUT2D eigenvalue weighted by Gasteiger charge is 2.22. The summed E-state index contributed by atoms with van der Waals surface area (Å²) in [6, 6.07) is 18.0. The van der Waals surface area contributed by atoms with Crippen molar-refractivity contribution in [2.24, 2.45) is 0 Å². The summed E-state index contributed by atoms with van der Waals surface area (Å²) in [5.41, 5.74) is 7.26. The summed E-state index contributed by atoms with van der Waals surface area (Å²) in [4.78, 5) is 13.8. The van der Waals surface area contributed by atoms with Gasteiger partial charge in [0.1, 0.15) is 13.5 Å². The Morgan fingerprint density at radius 1 is 0.727 bits per heavy atom. The van der Waals surface area contributed by atoms with E-state index in [0.717, 1.165) is 39.0 Å². The van der Waals surface area contributed by atoms with Gasteiger partial charge in [-0.3, -0.25) is 4.98 Å². The molecule has 4 rings (SSSR count). The van der Waals surface area contributed by atoms with Gasteiger partial charge in [-0.1, -0.05) is 82.9 Å². The van der Waals surface area contributed by atoms with E-state index in [1.807, 2.05) is 60.9 Å². The van der Waals surface area contributed by atoms with Gasteiger partial charge in [0, 0.05) is 33.8 Å². The van der Waals surface area contributed by atoms with Crippen LogP contribution in [0.25, 0.3) is 33.5 Å². The van der Waals surface area contributed by atoms with E-state index >= 15 is 0 Å². The first-order valence-corrected chi connectivity index (χ1v) is 14.8. The first-order valence-electron chi connectivity index (χ1n) is 12.8. The van der Waals surface area contributed by atoms with Gasteiger partial charge < -0.3 is 0 Å². The number of rotatable bonds is 4. The highest BCUT2D eigenvalue weighted by Crippen LogP contribution is 2.38. The predicted molar refractivity (Wildman–Crippen MR) is 143 cm³/mol. The molecule has 0 aliphatic rings. The Hall–Kier alpha value is -3.11. The number of benzene rings is 2. The lowest BCUT2D eigenvalue weighted by Gasteiger charge is -2.25. The quantitative estimate of drug-likeness (QED) is 0.311. The lowest BCUT2D eigenvalue weighted by molar-refractivity contribution is 0.592. The number of hydrogen-bond acceptors (Lipinski definition) is 3. The van der Waals surface area contributed by atoms with Crippen LogP contribution in [0.1, 0.15) is 36.0 Å². The van der Waals surface area contributed by atoms with Crippen LogP contribution < -0.4 is 5.45 Å². The van der Waals surface area contributed by atoms with E-state index in [1.165, 1.54) is 6.20 Å². The molecular formula is C29H33N3Si. The first kappa shape index (κ1) is 19.4. The zero-order chi connectivity index (χ0) is 26.3. The zero-order valence-corrected chi connectivity index (χ0v) is 21.3. The van der Waals surface area contributed by atoms with Gasteiger partial charge in [-0.05, 0) is 52.2 Å². The predicted octanol–water partition coefficient (Wildman–Crippen LogP) is 7.02. The summed E-state index contributed by atoms with van der Waals surface area (Å²) in [6.45, 7) is 10.9. The fourth-order valence-electron chi connectivity index (χ4n) is 3.89. The Bertz CT molecular complexity index is 1370. The number of aromatic nitrogens is 3. The molecule has 33 heavy (non-hydrogen) atoms. The molecule has 0 fully saturated rings. The fourth-order valence-corrected chi connectivity index (χ4v) is 4.79. The van der Waals surface area contributed by atoms with Gasteiger partial charge in [0.15, 0.2) is 0 Å². The average molecular weight is 455 g/mol. The molecule has 4 heteroatoms. The minimum Gasteiger partial charge on any atom is -0.256 e. The van der Waals surface area contributed by atoms with Gasteiger partial charge in [-0.25, -0.2) is 9.97 Å². The third-order valence-electron chi connectivity index (χ3n) is 5.75. The number of nitrogens with zero attached hydrogens (tertiary/aromatic N) is 3. The van der Waals surface area contributed by atoms with Gasteiger partial charge >= 0.3 is 0 Å². The molecule has 0 saturated heterocycles. The van der Waals surface area contributed by atoms with Crippen molar-refractivity contribution in [1.82, 2.24) is 15.0 Å². The third kappa shape index (κ3) is 4.96. The maximum Gasteiger partial charge on any atom is 0.125 e. The molecule has 4 aromatic rings. The van der Waals surface area contributed by atoms with Crippen molar-refractivity contribution in [3.8, 4) is 33.5 Å². The molecule has 2 heterocycles. The number of aryl methyl sites for hydroxylation is 1. The normalized spacial score (nSPS) is 13.8. The molecule has 0 aliphatic carbocycles.